The molecule has 8 heteroatoms. The summed E-state index contributed by atoms with van der Waals surface area (Å²) < 4.78 is 16.4. The van der Waals surface area contributed by atoms with Gasteiger partial charge in [-0.05, 0) is 62.8 Å². The monoisotopic (exact) mass is 456 g/mol. The van der Waals surface area contributed by atoms with Gasteiger partial charge in [0.15, 0.2) is 23.0 Å². The number of rotatable bonds is 12. The molecule has 1 aromatic heterocycles. The summed E-state index contributed by atoms with van der Waals surface area (Å²) in [5, 5.41) is 10.8. The lowest BCUT2D eigenvalue weighted by atomic mass is 9.94. The minimum atomic E-state index is -0.767. The third-order valence-corrected chi connectivity index (χ3v) is 5.86. The maximum atomic E-state index is 13.2. The van der Waals surface area contributed by atoms with Crippen LogP contribution in [-0.2, 0) is 4.79 Å². The lowest BCUT2D eigenvalue weighted by Gasteiger charge is -2.28. The van der Waals surface area contributed by atoms with E-state index in [1.165, 1.54) is 19.4 Å². The lowest BCUT2D eigenvalue weighted by molar-refractivity contribution is -0.129. The van der Waals surface area contributed by atoms with Crippen molar-refractivity contribution in [2.24, 2.45) is 0 Å². The van der Waals surface area contributed by atoms with Crippen molar-refractivity contribution in [2.45, 2.75) is 33.2 Å². The fraction of sp³-hybridized carbons (Fsp3) is 0.440. The Kier molecular flexibility index (Phi) is 8.16. The van der Waals surface area contributed by atoms with Crippen LogP contribution < -0.4 is 9.47 Å². The molecule has 2 aromatic rings. The van der Waals surface area contributed by atoms with Crippen LogP contribution in [-0.4, -0.2) is 66.5 Å². The smallest absolute Gasteiger partial charge is 0.290 e. The number of carbonyl (C=O) groups excluding carboxylic acids is 2. The third kappa shape index (κ3) is 5.06. The Morgan fingerprint density at radius 1 is 1.18 bits per heavy atom. The second kappa shape index (κ2) is 11.0. The van der Waals surface area contributed by atoms with E-state index in [0.29, 0.717) is 36.6 Å². The first-order valence-electron chi connectivity index (χ1n) is 11.3. The van der Waals surface area contributed by atoms with Gasteiger partial charge >= 0.3 is 0 Å². The largest absolute Gasteiger partial charge is 0.503 e. The number of ether oxygens (including phenoxy) is 2. The number of hydrogen-bond donors (Lipinski definition) is 1. The van der Waals surface area contributed by atoms with E-state index in [1.807, 2.05) is 6.92 Å². The fourth-order valence-corrected chi connectivity index (χ4v) is 4.14. The van der Waals surface area contributed by atoms with Gasteiger partial charge in [0, 0.05) is 6.54 Å². The van der Waals surface area contributed by atoms with Crippen LogP contribution in [0.15, 0.2) is 52.3 Å². The molecular weight excluding hydrogens is 424 g/mol. The van der Waals surface area contributed by atoms with Gasteiger partial charge in [0.25, 0.3) is 5.91 Å². The van der Waals surface area contributed by atoms with Gasteiger partial charge in [-0.15, -0.1) is 0 Å². The zero-order chi connectivity index (χ0) is 24.0. The molecule has 1 N–H and O–H groups in total. The van der Waals surface area contributed by atoms with Gasteiger partial charge < -0.3 is 28.8 Å². The summed E-state index contributed by atoms with van der Waals surface area (Å²) in [5.74, 6) is -0.513. The maximum Gasteiger partial charge on any atom is 0.290 e. The topological polar surface area (TPSA) is 92.5 Å². The van der Waals surface area contributed by atoms with Gasteiger partial charge in [0.1, 0.15) is 0 Å². The molecule has 0 radical (unpaired) electrons. The van der Waals surface area contributed by atoms with E-state index >= 15 is 0 Å². The minimum absolute atomic E-state index is 0.00371. The number of carbonyl (C=O) groups is 2. The highest BCUT2D eigenvalue weighted by Gasteiger charge is 2.44. The van der Waals surface area contributed by atoms with E-state index in [1.54, 1.807) is 29.2 Å². The van der Waals surface area contributed by atoms with Crippen molar-refractivity contribution < 1.29 is 28.6 Å². The van der Waals surface area contributed by atoms with Crippen LogP contribution in [0.3, 0.4) is 0 Å². The molecule has 2 heterocycles. The van der Waals surface area contributed by atoms with Crippen LogP contribution in [0.4, 0.5) is 0 Å². The number of methoxy groups -OCH3 is 1. The van der Waals surface area contributed by atoms with E-state index in [-0.39, 0.29) is 11.3 Å². The molecule has 1 aromatic carbocycles. The number of furan rings is 1. The Bertz CT molecular complexity index is 994. The molecule has 0 saturated carbocycles. The summed E-state index contributed by atoms with van der Waals surface area (Å²) in [5.41, 5.74) is 0.648. The SMILES string of the molecule is CCOc1ccc([C@@H]2C(C(=O)c3ccco3)=C(O)C(=O)N2CCCN(CC)CC)cc1OC. The van der Waals surface area contributed by atoms with Gasteiger partial charge in [-0.25, -0.2) is 0 Å². The molecule has 1 amide bonds. The number of benzene rings is 1. The maximum absolute atomic E-state index is 13.2. The van der Waals surface area contributed by atoms with Crippen LogP contribution in [0, 0.1) is 0 Å². The second-order valence-corrected chi connectivity index (χ2v) is 7.69. The highest BCUT2D eigenvalue weighted by molar-refractivity contribution is 6.15. The summed E-state index contributed by atoms with van der Waals surface area (Å²) in [6, 6.07) is 7.63. The summed E-state index contributed by atoms with van der Waals surface area (Å²) in [6.45, 7) is 9.54. The molecule has 1 atom stereocenters. The molecule has 8 nitrogen and oxygen atoms in total. The van der Waals surface area contributed by atoms with E-state index in [9.17, 15) is 14.7 Å². The van der Waals surface area contributed by atoms with Crippen molar-refractivity contribution in [2.75, 3.05) is 39.9 Å². The zero-order valence-corrected chi connectivity index (χ0v) is 19.7. The first-order chi connectivity index (χ1) is 16.0. The van der Waals surface area contributed by atoms with Crippen molar-refractivity contribution in [3.05, 3.63) is 59.3 Å². The number of hydrogen-bond acceptors (Lipinski definition) is 7. The Morgan fingerprint density at radius 2 is 1.94 bits per heavy atom. The molecular formula is C25H32N2O6. The Balaban J connectivity index is 2.00. The number of aliphatic hydroxyl groups is 1. The highest BCUT2D eigenvalue weighted by atomic mass is 16.5. The van der Waals surface area contributed by atoms with Crippen molar-refractivity contribution in [1.29, 1.82) is 0 Å². The first kappa shape index (κ1) is 24.4. The summed E-state index contributed by atoms with van der Waals surface area (Å²) in [4.78, 5) is 30.1. The van der Waals surface area contributed by atoms with E-state index in [0.717, 1.165) is 19.6 Å². The van der Waals surface area contributed by atoms with Gasteiger partial charge in [-0.3, -0.25) is 9.59 Å². The van der Waals surface area contributed by atoms with E-state index in [4.69, 9.17) is 13.9 Å². The van der Waals surface area contributed by atoms with Crippen LogP contribution in [0.1, 0.15) is 49.4 Å². The molecule has 3 rings (SSSR count). The Labute approximate surface area is 194 Å². The van der Waals surface area contributed by atoms with Crippen LogP contribution in [0.25, 0.3) is 0 Å². The zero-order valence-electron chi connectivity index (χ0n) is 19.7. The summed E-state index contributed by atoms with van der Waals surface area (Å²) in [6.07, 6.45) is 2.09. The Hall–Kier alpha value is -3.26. The lowest BCUT2D eigenvalue weighted by Crippen LogP contribution is -2.34. The molecule has 0 spiro atoms. The molecule has 0 saturated heterocycles. The molecule has 0 aliphatic carbocycles. The number of nitrogens with zero attached hydrogens (tertiary/aromatic N) is 2. The molecule has 0 bridgehead atoms. The van der Waals surface area contributed by atoms with Crippen LogP contribution in [0.5, 0.6) is 11.5 Å². The average Bonchev–Trinajstić information content (AvgIpc) is 3.45. The predicted octanol–water partition coefficient (Wildman–Crippen LogP) is 4.00. The van der Waals surface area contributed by atoms with Gasteiger partial charge in [-0.2, -0.15) is 0 Å². The van der Waals surface area contributed by atoms with Crippen molar-refractivity contribution in [3.8, 4) is 11.5 Å². The van der Waals surface area contributed by atoms with Crippen molar-refractivity contribution >= 4 is 11.7 Å². The quantitative estimate of drug-likeness (QED) is 0.483. The molecule has 33 heavy (non-hydrogen) atoms. The van der Waals surface area contributed by atoms with Crippen molar-refractivity contribution in [3.63, 3.8) is 0 Å². The fourth-order valence-electron chi connectivity index (χ4n) is 4.14. The van der Waals surface area contributed by atoms with Crippen LogP contribution >= 0.6 is 0 Å². The second-order valence-electron chi connectivity index (χ2n) is 7.69. The molecule has 0 unspecified atom stereocenters. The molecule has 178 valence electrons. The van der Waals surface area contributed by atoms with Gasteiger partial charge in [-0.1, -0.05) is 19.9 Å². The first-order valence-corrected chi connectivity index (χ1v) is 11.3. The third-order valence-electron chi connectivity index (χ3n) is 5.86. The van der Waals surface area contributed by atoms with E-state index < -0.39 is 23.5 Å². The Morgan fingerprint density at radius 3 is 2.55 bits per heavy atom. The molecule has 1 aliphatic rings. The average molecular weight is 457 g/mol. The minimum Gasteiger partial charge on any atom is -0.503 e. The van der Waals surface area contributed by atoms with Crippen LogP contribution in [0.2, 0.25) is 0 Å². The number of ketones is 1. The standard InChI is InChI=1S/C25H32N2O6/c1-5-26(6-2)13-9-14-27-22(17-11-12-18(32-7-3)20(16-17)31-4)21(24(29)25(27)30)23(28)19-10-8-15-33-19/h8,10-12,15-16,22,29H,5-7,9,13-14H2,1-4H3/t22-/m1/s1. The molecule has 1 aliphatic heterocycles. The van der Waals surface area contributed by atoms with E-state index in [2.05, 4.69) is 18.7 Å². The van der Waals surface area contributed by atoms with Crippen molar-refractivity contribution in [1.82, 2.24) is 9.80 Å². The molecule has 0 fully saturated rings. The number of amides is 1. The highest BCUT2D eigenvalue weighted by Crippen LogP contribution is 2.41. The summed E-state index contributed by atoms with van der Waals surface area (Å²) in [7, 11) is 1.53. The predicted molar refractivity (Wildman–Crippen MR) is 124 cm³/mol. The van der Waals surface area contributed by atoms with Gasteiger partial charge in [0.2, 0.25) is 5.78 Å². The van der Waals surface area contributed by atoms with Gasteiger partial charge in [0.05, 0.1) is 31.6 Å². The number of aliphatic hydroxyl groups excluding tert-OH is 1. The normalized spacial score (nSPS) is 16.1. The summed E-state index contributed by atoms with van der Waals surface area (Å²) >= 11 is 0. The number of Topliss-reactive ketones (excluding diaryl/α,β-unsaturated/α-hetero) is 1.